The van der Waals surface area contributed by atoms with Crippen molar-refractivity contribution in [1.82, 2.24) is 0 Å². The van der Waals surface area contributed by atoms with Crippen LogP contribution in [0.5, 0.6) is 0 Å². The lowest BCUT2D eigenvalue weighted by Gasteiger charge is -2.14. The molecule has 0 radical (unpaired) electrons. The highest BCUT2D eigenvalue weighted by Crippen LogP contribution is 2.34. The lowest BCUT2D eigenvalue weighted by molar-refractivity contribution is -0.136. The summed E-state index contributed by atoms with van der Waals surface area (Å²) in [6.45, 7) is 0. The summed E-state index contributed by atoms with van der Waals surface area (Å²) < 4.78 is 38.7. The van der Waals surface area contributed by atoms with E-state index in [1.165, 1.54) is 18.2 Å². The molecule has 2 aromatic rings. The molecule has 1 aliphatic rings. The summed E-state index contributed by atoms with van der Waals surface area (Å²) in [5.74, 6) is -0.147. The van der Waals surface area contributed by atoms with E-state index in [1.54, 1.807) is 18.2 Å². The Morgan fingerprint density at radius 1 is 1.08 bits per heavy atom. The number of rotatable bonds is 2. The highest BCUT2D eigenvalue weighted by molar-refractivity contribution is 6.02. The molecule has 0 bridgehead atoms. The van der Waals surface area contributed by atoms with Crippen molar-refractivity contribution < 1.29 is 22.8 Å². The largest absolute Gasteiger partial charge is 0.418 e. The van der Waals surface area contributed by atoms with E-state index < -0.39 is 17.8 Å². The molecule has 5 nitrogen and oxygen atoms in total. The number of hydrogen-bond donors (Lipinski definition) is 3. The fourth-order valence-corrected chi connectivity index (χ4v) is 2.43. The summed E-state index contributed by atoms with van der Waals surface area (Å²) in [6, 6.07) is 8.69. The summed E-state index contributed by atoms with van der Waals surface area (Å²) >= 11 is 0. The third kappa shape index (κ3) is 3.32. The van der Waals surface area contributed by atoms with Crippen LogP contribution >= 0.6 is 0 Å². The van der Waals surface area contributed by atoms with Crippen molar-refractivity contribution in [1.29, 1.82) is 0 Å². The highest BCUT2D eigenvalue weighted by atomic mass is 19.4. The highest BCUT2D eigenvalue weighted by Gasteiger charge is 2.33. The van der Waals surface area contributed by atoms with Crippen LogP contribution in [-0.4, -0.2) is 11.9 Å². The van der Waals surface area contributed by atoms with E-state index in [9.17, 15) is 22.8 Å². The standard InChI is InChI=1S/C16H12F3N3O2/c17-16(18,19)11-3-1-2-4-13(11)22-15(24)20-10-5-6-12-9(7-10)8-14(23)21-12/h1-7H,8H2,(H,21,23)(H2,20,22,24). The van der Waals surface area contributed by atoms with Crippen LogP contribution in [0, 0.1) is 0 Å². The Bertz CT molecular complexity index is 818. The topological polar surface area (TPSA) is 70.2 Å². The molecule has 3 N–H and O–H groups in total. The SMILES string of the molecule is O=C1Cc2cc(NC(=O)Nc3ccccc3C(F)(F)F)ccc2N1. The van der Waals surface area contributed by atoms with Crippen LogP contribution < -0.4 is 16.0 Å². The molecule has 0 saturated carbocycles. The molecule has 0 unspecified atom stereocenters. The Hall–Kier alpha value is -3.03. The van der Waals surface area contributed by atoms with Crippen molar-refractivity contribution in [2.45, 2.75) is 12.6 Å². The minimum absolute atomic E-state index is 0.147. The van der Waals surface area contributed by atoms with E-state index in [1.807, 2.05) is 0 Å². The Kier molecular flexibility index (Phi) is 3.88. The van der Waals surface area contributed by atoms with Gasteiger partial charge in [-0.25, -0.2) is 4.79 Å². The van der Waals surface area contributed by atoms with E-state index in [0.717, 1.165) is 6.07 Å². The van der Waals surface area contributed by atoms with E-state index >= 15 is 0 Å². The van der Waals surface area contributed by atoms with Crippen molar-refractivity contribution in [2.24, 2.45) is 0 Å². The van der Waals surface area contributed by atoms with Gasteiger partial charge in [-0.05, 0) is 35.9 Å². The fourth-order valence-electron chi connectivity index (χ4n) is 2.43. The van der Waals surface area contributed by atoms with Gasteiger partial charge in [-0.2, -0.15) is 13.2 Å². The second-order valence-corrected chi connectivity index (χ2v) is 5.22. The molecule has 0 spiro atoms. The van der Waals surface area contributed by atoms with Gasteiger partial charge >= 0.3 is 12.2 Å². The zero-order valence-corrected chi connectivity index (χ0v) is 12.2. The van der Waals surface area contributed by atoms with Gasteiger partial charge in [0.05, 0.1) is 17.7 Å². The van der Waals surface area contributed by atoms with Crippen LogP contribution in [0.3, 0.4) is 0 Å². The number of para-hydroxylation sites is 1. The third-order valence-corrected chi connectivity index (χ3v) is 3.47. The number of nitrogens with one attached hydrogen (secondary N) is 3. The maximum Gasteiger partial charge on any atom is 0.418 e. The molecule has 3 amide bonds. The van der Waals surface area contributed by atoms with Gasteiger partial charge in [-0.1, -0.05) is 12.1 Å². The molecule has 0 atom stereocenters. The summed E-state index contributed by atoms with van der Waals surface area (Å²) in [6.07, 6.45) is -4.37. The normalized spacial score (nSPS) is 13.2. The van der Waals surface area contributed by atoms with Crippen LogP contribution in [0.25, 0.3) is 0 Å². The minimum Gasteiger partial charge on any atom is -0.326 e. The zero-order valence-electron chi connectivity index (χ0n) is 12.2. The number of hydrogen-bond acceptors (Lipinski definition) is 2. The summed E-state index contributed by atoms with van der Waals surface area (Å²) in [7, 11) is 0. The van der Waals surface area contributed by atoms with Gasteiger partial charge in [0.15, 0.2) is 0 Å². The molecular weight excluding hydrogens is 323 g/mol. The van der Waals surface area contributed by atoms with Crippen molar-refractivity contribution in [2.75, 3.05) is 16.0 Å². The smallest absolute Gasteiger partial charge is 0.326 e. The molecule has 8 heteroatoms. The number of carbonyl (C=O) groups excluding carboxylic acids is 2. The molecule has 0 saturated heterocycles. The second-order valence-electron chi connectivity index (χ2n) is 5.22. The van der Waals surface area contributed by atoms with E-state index in [-0.39, 0.29) is 18.0 Å². The minimum atomic E-state index is -4.57. The molecule has 0 aliphatic carbocycles. The van der Waals surface area contributed by atoms with E-state index in [0.29, 0.717) is 16.9 Å². The van der Waals surface area contributed by atoms with Gasteiger partial charge in [-0.15, -0.1) is 0 Å². The maximum absolute atomic E-state index is 12.9. The molecule has 124 valence electrons. The predicted molar refractivity (Wildman–Crippen MR) is 82.9 cm³/mol. The number of halogens is 3. The van der Waals surface area contributed by atoms with E-state index in [4.69, 9.17) is 0 Å². The quantitative estimate of drug-likeness (QED) is 0.780. The Balaban J connectivity index is 1.74. The Morgan fingerprint density at radius 2 is 1.83 bits per heavy atom. The number of amides is 3. The molecular formula is C16H12F3N3O2. The first-order chi connectivity index (χ1) is 11.3. The molecule has 1 aliphatic heterocycles. The molecule has 2 aromatic carbocycles. The van der Waals surface area contributed by atoms with Gasteiger partial charge in [0.1, 0.15) is 0 Å². The average Bonchev–Trinajstić information content (AvgIpc) is 2.86. The summed E-state index contributed by atoms with van der Waals surface area (Å²) in [4.78, 5) is 23.2. The number of benzene rings is 2. The van der Waals surface area contributed by atoms with Gasteiger partial charge in [0.2, 0.25) is 5.91 Å². The summed E-state index contributed by atoms with van der Waals surface area (Å²) in [5, 5.41) is 7.30. The van der Waals surface area contributed by atoms with E-state index in [2.05, 4.69) is 16.0 Å². The molecule has 0 aromatic heterocycles. The van der Waals surface area contributed by atoms with Crippen molar-refractivity contribution in [3.8, 4) is 0 Å². The van der Waals surface area contributed by atoms with Crippen LogP contribution in [0.2, 0.25) is 0 Å². The first-order valence-corrected chi connectivity index (χ1v) is 7.00. The molecule has 1 heterocycles. The monoisotopic (exact) mass is 335 g/mol. The third-order valence-electron chi connectivity index (χ3n) is 3.47. The molecule has 3 rings (SSSR count). The maximum atomic E-state index is 12.9. The van der Waals surface area contributed by atoms with Crippen molar-refractivity contribution in [3.05, 3.63) is 53.6 Å². The lowest BCUT2D eigenvalue weighted by atomic mass is 10.1. The first kappa shape index (κ1) is 15.9. The first-order valence-electron chi connectivity index (χ1n) is 7.00. The molecule has 0 fully saturated rings. The van der Waals surface area contributed by atoms with Gasteiger partial charge < -0.3 is 16.0 Å². The number of carbonyl (C=O) groups is 2. The van der Waals surface area contributed by atoms with Gasteiger partial charge in [0.25, 0.3) is 0 Å². The second kappa shape index (κ2) is 5.88. The zero-order chi connectivity index (χ0) is 17.3. The Morgan fingerprint density at radius 3 is 2.58 bits per heavy atom. The number of fused-ring (bicyclic) bond motifs is 1. The van der Waals surface area contributed by atoms with Crippen LogP contribution in [0.4, 0.5) is 35.0 Å². The number of anilines is 3. The van der Waals surface area contributed by atoms with Gasteiger partial charge in [-0.3, -0.25) is 4.79 Å². The number of alkyl halides is 3. The average molecular weight is 335 g/mol. The Labute approximate surface area is 134 Å². The predicted octanol–water partition coefficient (Wildman–Crippen LogP) is 3.84. The van der Waals surface area contributed by atoms with Crippen LogP contribution in [0.15, 0.2) is 42.5 Å². The molecule has 24 heavy (non-hydrogen) atoms. The number of urea groups is 1. The summed E-state index contributed by atoms with van der Waals surface area (Å²) in [5.41, 5.74) is 0.499. The van der Waals surface area contributed by atoms with Crippen molar-refractivity contribution in [3.63, 3.8) is 0 Å². The van der Waals surface area contributed by atoms with Crippen molar-refractivity contribution >= 4 is 29.0 Å². The van der Waals surface area contributed by atoms with Crippen LogP contribution in [-0.2, 0) is 17.4 Å². The van der Waals surface area contributed by atoms with Crippen LogP contribution in [0.1, 0.15) is 11.1 Å². The lowest BCUT2D eigenvalue weighted by Crippen LogP contribution is -2.21. The fraction of sp³-hybridized carbons (Fsp3) is 0.125. The van der Waals surface area contributed by atoms with Gasteiger partial charge in [0, 0.05) is 11.4 Å².